The van der Waals surface area contributed by atoms with Crippen LogP contribution in [-0.4, -0.2) is 36.6 Å². The third kappa shape index (κ3) is 3.39. The van der Waals surface area contributed by atoms with E-state index in [4.69, 9.17) is 0 Å². The van der Waals surface area contributed by atoms with Crippen molar-refractivity contribution in [3.8, 4) is 0 Å². The predicted molar refractivity (Wildman–Crippen MR) is 83.6 cm³/mol. The van der Waals surface area contributed by atoms with Crippen molar-refractivity contribution >= 4 is 10.9 Å². The maximum Gasteiger partial charge on any atom is 0.124 e. The molecule has 1 fully saturated rings. The molecule has 21 heavy (non-hydrogen) atoms. The molecule has 0 atom stereocenters. The van der Waals surface area contributed by atoms with E-state index in [-0.39, 0.29) is 5.82 Å². The van der Waals surface area contributed by atoms with Crippen LogP contribution in [0.2, 0.25) is 0 Å². The van der Waals surface area contributed by atoms with Gasteiger partial charge in [0, 0.05) is 18.1 Å². The summed E-state index contributed by atoms with van der Waals surface area (Å²) in [4.78, 5) is 6.84. The van der Waals surface area contributed by atoms with Crippen LogP contribution in [0.25, 0.3) is 10.9 Å². The molecule has 0 amide bonds. The molecule has 1 aliphatic rings. The molecule has 1 N–H and O–H groups in total. The van der Waals surface area contributed by atoms with Crippen LogP contribution in [0, 0.1) is 11.7 Å². The molecule has 3 nitrogen and oxygen atoms in total. The monoisotopic (exact) mass is 287 g/mol. The van der Waals surface area contributed by atoms with Crippen LogP contribution in [0.15, 0.2) is 30.5 Å². The molecule has 4 heteroatoms. The molecule has 0 spiro atoms. The molecule has 0 saturated carbocycles. The molecule has 0 unspecified atom stereocenters. The molecular weight excluding hydrogens is 265 g/mol. The van der Waals surface area contributed by atoms with Crippen molar-refractivity contribution in [2.45, 2.75) is 19.4 Å². The summed E-state index contributed by atoms with van der Waals surface area (Å²) in [5.41, 5.74) is 1.92. The summed E-state index contributed by atoms with van der Waals surface area (Å²) < 4.78 is 13.8. The number of likely N-dealkylation sites (tertiary alicyclic amines) is 1. The minimum atomic E-state index is -0.171. The average molecular weight is 287 g/mol. The normalized spacial score (nSPS) is 17.4. The predicted octanol–water partition coefficient (Wildman–Crippen LogP) is 2.81. The quantitative estimate of drug-likeness (QED) is 0.937. The Hall–Kier alpha value is -1.52. The smallest absolute Gasteiger partial charge is 0.124 e. The van der Waals surface area contributed by atoms with Crippen molar-refractivity contribution in [2.24, 2.45) is 5.92 Å². The summed E-state index contributed by atoms with van der Waals surface area (Å²) in [5, 5.41) is 4.14. The van der Waals surface area contributed by atoms with Crippen molar-refractivity contribution < 1.29 is 4.39 Å². The summed E-state index contributed by atoms with van der Waals surface area (Å²) in [5.74, 6) is 0.601. The van der Waals surface area contributed by atoms with E-state index in [9.17, 15) is 4.39 Å². The largest absolute Gasteiger partial charge is 0.319 e. The number of rotatable bonds is 4. The molecule has 1 saturated heterocycles. The van der Waals surface area contributed by atoms with Crippen LogP contribution in [0.3, 0.4) is 0 Å². The van der Waals surface area contributed by atoms with Gasteiger partial charge in [0.2, 0.25) is 0 Å². The van der Waals surface area contributed by atoms with Gasteiger partial charge >= 0.3 is 0 Å². The summed E-state index contributed by atoms with van der Waals surface area (Å²) in [6.45, 7) is 4.05. The number of hydrogen-bond donors (Lipinski definition) is 1. The van der Waals surface area contributed by atoms with Crippen molar-refractivity contribution in [2.75, 3.05) is 26.7 Å². The van der Waals surface area contributed by atoms with Gasteiger partial charge < -0.3 is 5.32 Å². The number of nitrogens with zero attached hydrogens (tertiary/aromatic N) is 2. The molecule has 2 heterocycles. The Morgan fingerprint density at radius 3 is 2.90 bits per heavy atom. The van der Waals surface area contributed by atoms with E-state index in [0.717, 1.165) is 48.6 Å². The molecule has 1 aliphatic heterocycles. The van der Waals surface area contributed by atoms with Crippen LogP contribution in [0.5, 0.6) is 0 Å². The first-order valence-electron chi connectivity index (χ1n) is 7.66. The Bertz CT molecular complexity index is 606. The van der Waals surface area contributed by atoms with Crippen molar-refractivity contribution in [3.63, 3.8) is 0 Å². The van der Waals surface area contributed by atoms with E-state index in [1.165, 1.54) is 12.8 Å². The number of piperidine rings is 1. The number of nitrogens with one attached hydrogen (secondary N) is 1. The Labute approximate surface area is 125 Å². The topological polar surface area (TPSA) is 28.2 Å². The lowest BCUT2D eigenvalue weighted by atomic mass is 9.96. The van der Waals surface area contributed by atoms with Crippen LogP contribution in [0.1, 0.15) is 18.4 Å². The molecule has 0 aliphatic carbocycles. The van der Waals surface area contributed by atoms with E-state index in [1.54, 1.807) is 18.3 Å². The van der Waals surface area contributed by atoms with Gasteiger partial charge in [-0.2, -0.15) is 0 Å². The molecule has 3 rings (SSSR count). The molecule has 0 radical (unpaired) electrons. The Morgan fingerprint density at radius 1 is 1.33 bits per heavy atom. The first kappa shape index (κ1) is 14.4. The number of fused-ring (bicyclic) bond motifs is 1. The van der Waals surface area contributed by atoms with Gasteiger partial charge in [0.1, 0.15) is 5.82 Å². The first-order chi connectivity index (χ1) is 10.3. The molecule has 1 aromatic carbocycles. The third-order valence-electron chi connectivity index (χ3n) is 4.34. The molecule has 112 valence electrons. The highest BCUT2D eigenvalue weighted by atomic mass is 19.1. The molecule has 2 aromatic rings. The van der Waals surface area contributed by atoms with Crippen molar-refractivity contribution in [3.05, 3.63) is 41.8 Å². The fourth-order valence-corrected chi connectivity index (χ4v) is 3.23. The van der Waals surface area contributed by atoms with Gasteiger partial charge in [-0.25, -0.2) is 4.39 Å². The van der Waals surface area contributed by atoms with E-state index >= 15 is 0 Å². The number of pyridine rings is 1. The van der Waals surface area contributed by atoms with Crippen LogP contribution >= 0.6 is 0 Å². The van der Waals surface area contributed by atoms with E-state index < -0.39 is 0 Å². The van der Waals surface area contributed by atoms with Gasteiger partial charge in [-0.15, -0.1) is 0 Å². The fraction of sp³-hybridized carbons (Fsp3) is 0.471. The first-order valence-corrected chi connectivity index (χ1v) is 7.66. The maximum atomic E-state index is 13.8. The number of benzene rings is 1. The lowest BCUT2D eigenvalue weighted by molar-refractivity contribution is 0.177. The lowest BCUT2D eigenvalue weighted by Crippen LogP contribution is -2.36. The standard InChI is InChI=1S/C17H22FN3/c1-19-11-13-4-7-21(8-5-13)12-15-10-16(18)9-14-3-2-6-20-17(14)15/h2-3,6,9-10,13,19H,4-5,7-8,11-12H2,1H3. The highest BCUT2D eigenvalue weighted by molar-refractivity contribution is 5.81. The summed E-state index contributed by atoms with van der Waals surface area (Å²) in [6, 6.07) is 6.98. The third-order valence-corrected chi connectivity index (χ3v) is 4.34. The zero-order valence-corrected chi connectivity index (χ0v) is 12.5. The van der Waals surface area contributed by atoms with Gasteiger partial charge in [0.05, 0.1) is 5.52 Å². The van der Waals surface area contributed by atoms with Crippen LogP contribution < -0.4 is 5.32 Å². The second kappa shape index (κ2) is 6.50. The Morgan fingerprint density at radius 2 is 2.14 bits per heavy atom. The second-order valence-electron chi connectivity index (χ2n) is 5.92. The Kier molecular flexibility index (Phi) is 4.46. The van der Waals surface area contributed by atoms with Crippen LogP contribution in [0.4, 0.5) is 4.39 Å². The maximum absolute atomic E-state index is 13.8. The Balaban J connectivity index is 1.74. The van der Waals surface area contributed by atoms with Crippen molar-refractivity contribution in [1.82, 2.24) is 15.2 Å². The number of hydrogen-bond acceptors (Lipinski definition) is 3. The molecule has 0 bridgehead atoms. The number of aromatic nitrogens is 1. The van der Waals surface area contributed by atoms with Gasteiger partial charge in [-0.05, 0) is 69.2 Å². The van der Waals surface area contributed by atoms with E-state index in [2.05, 4.69) is 15.2 Å². The molecule has 1 aromatic heterocycles. The lowest BCUT2D eigenvalue weighted by Gasteiger charge is -2.32. The van der Waals surface area contributed by atoms with Crippen molar-refractivity contribution in [1.29, 1.82) is 0 Å². The number of halogens is 1. The zero-order valence-electron chi connectivity index (χ0n) is 12.5. The van der Waals surface area contributed by atoms with Gasteiger partial charge in [0.15, 0.2) is 0 Å². The highest BCUT2D eigenvalue weighted by Crippen LogP contribution is 2.23. The van der Waals surface area contributed by atoms with Crippen LogP contribution in [-0.2, 0) is 6.54 Å². The fourth-order valence-electron chi connectivity index (χ4n) is 3.23. The van der Waals surface area contributed by atoms with Gasteiger partial charge in [-0.3, -0.25) is 9.88 Å². The molecular formula is C17H22FN3. The van der Waals surface area contributed by atoms with E-state index in [1.807, 2.05) is 19.2 Å². The summed E-state index contributed by atoms with van der Waals surface area (Å²) in [7, 11) is 2.01. The minimum Gasteiger partial charge on any atom is -0.319 e. The second-order valence-corrected chi connectivity index (χ2v) is 5.92. The average Bonchev–Trinajstić information content (AvgIpc) is 2.49. The van der Waals surface area contributed by atoms with Gasteiger partial charge in [-0.1, -0.05) is 6.07 Å². The summed E-state index contributed by atoms with van der Waals surface area (Å²) in [6.07, 6.45) is 4.20. The summed E-state index contributed by atoms with van der Waals surface area (Å²) >= 11 is 0. The zero-order chi connectivity index (χ0) is 14.7. The van der Waals surface area contributed by atoms with Gasteiger partial charge in [0.25, 0.3) is 0 Å². The minimum absolute atomic E-state index is 0.171. The highest BCUT2D eigenvalue weighted by Gasteiger charge is 2.19. The van der Waals surface area contributed by atoms with E-state index in [0.29, 0.717) is 0 Å². The SMILES string of the molecule is CNCC1CCN(Cc2cc(F)cc3cccnc23)CC1.